The quantitative estimate of drug-likeness (QED) is 0.0450. The Morgan fingerprint density at radius 1 is 0.476 bits per heavy atom. The summed E-state index contributed by atoms with van der Waals surface area (Å²) in [4.78, 5) is 37.0. The number of hydrogen-bond acceptors (Lipinski definition) is 6. The van der Waals surface area contributed by atoms with E-state index >= 15 is 0 Å². The fraction of sp³-hybridized carbons (Fsp3) is 0.917. The first-order valence-corrected chi connectivity index (χ1v) is 17.9. The van der Waals surface area contributed by atoms with E-state index in [9.17, 15) is 14.4 Å². The number of carbonyl (C=O) groups is 3. The molecule has 0 aliphatic rings. The van der Waals surface area contributed by atoms with Gasteiger partial charge in [0.1, 0.15) is 13.2 Å². The molecule has 0 spiro atoms. The van der Waals surface area contributed by atoms with Crippen molar-refractivity contribution in [1.29, 1.82) is 0 Å². The standard InChI is InChI=1S/C36H68O6/c1-5-8-10-12-13-14-15-20-24-28-35(38)41-31-33(30-40-34(37)27-23-18-11-9-6-2)42-36(39)29-25-21-17-16-19-22-26-32(4)7-3/h32-33H,5-31H2,1-4H3/t32?,33-/m0/s1. The van der Waals surface area contributed by atoms with E-state index in [-0.39, 0.29) is 31.1 Å². The second-order valence-corrected chi connectivity index (χ2v) is 12.4. The zero-order valence-electron chi connectivity index (χ0n) is 28.2. The second-order valence-electron chi connectivity index (χ2n) is 12.4. The van der Waals surface area contributed by atoms with E-state index in [1.54, 1.807) is 0 Å². The van der Waals surface area contributed by atoms with Crippen LogP contribution in [0.25, 0.3) is 0 Å². The molecule has 0 aromatic rings. The first kappa shape index (κ1) is 40.4. The molecule has 0 aliphatic heterocycles. The van der Waals surface area contributed by atoms with Crippen LogP contribution in [-0.4, -0.2) is 37.2 Å². The SMILES string of the molecule is CCCCCCCCCCCC(=O)OC[C@H](COC(=O)CCCCCCC)OC(=O)CCCCCCCCC(C)CC. The summed E-state index contributed by atoms with van der Waals surface area (Å²) in [5, 5.41) is 0. The van der Waals surface area contributed by atoms with Crippen LogP contribution >= 0.6 is 0 Å². The number of ether oxygens (including phenoxy) is 3. The fourth-order valence-electron chi connectivity index (χ4n) is 5.00. The molecule has 0 aliphatic carbocycles. The average Bonchev–Trinajstić information content (AvgIpc) is 2.98. The van der Waals surface area contributed by atoms with Crippen LogP contribution in [0.2, 0.25) is 0 Å². The molecule has 0 N–H and O–H groups in total. The summed E-state index contributed by atoms with van der Waals surface area (Å²) in [6, 6.07) is 0. The number of esters is 3. The molecule has 0 fully saturated rings. The van der Waals surface area contributed by atoms with E-state index in [4.69, 9.17) is 14.2 Å². The largest absolute Gasteiger partial charge is 0.462 e. The van der Waals surface area contributed by atoms with Crippen LogP contribution in [0, 0.1) is 5.92 Å². The van der Waals surface area contributed by atoms with Gasteiger partial charge in [0.05, 0.1) is 0 Å². The third-order valence-corrected chi connectivity index (χ3v) is 8.15. The first-order valence-electron chi connectivity index (χ1n) is 17.9. The van der Waals surface area contributed by atoms with Gasteiger partial charge in [0.15, 0.2) is 6.10 Å². The van der Waals surface area contributed by atoms with Crippen molar-refractivity contribution >= 4 is 17.9 Å². The summed E-state index contributed by atoms with van der Waals surface area (Å²) in [6.07, 6.45) is 25.5. The highest BCUT2D eigenvalue weighted by Gasteiger charge is 2.19. The van der Waals surface area contributed by atoms with Crippen LogP contribution in [-0.2, 0) is 28.6 Å². The number of rotatable bonds is 31. The Bertz CT molecular complexity index is 634. The summed E-state index contributed by atoms with van der Waals surface area (Å²) in [5.41, 5.74) is 0. The summed E-state index contributed by atoms with van der Waals surface area (Å²) >= 11 is 0. The molecule has 0 saturated carbocycles. The predicted molar refractivity (Wildman–Crippen MR) is 173 cm³/mol. The van der Waals surface area contributed by atoms with Crippen LogP contribution < -0.4 is 0 Å². The van der Waals surface area contributed by atoms with Crippen LogP contribution in [0.1, 0.15) is 188 Å². The maximum atomic E-state index is 12.5. The van der Waals surface area contributed by atoms with E-state index in [2.05, 4.69) is 27.7 Å². The fourth-order valence-corrected chi connectivity index (χ4v) is 5.00. The highest BCUT2D eigenvalue weighted by molar-refractivity contribution is 5.71. The molecule has 2 atom stereocenters. The number of carbonyl (C=O) groups excluding carboxylic acids is 3. The minimum absolute atomic E-state index is 0.0675. The molecule has 0 heterocycles. The van der Waals surface area contributed by atoms with Gasteiger partial charge in [0, 0.05) is 19.3 Å². The molecular weight excluding hydrogens is 528 g/mol. The Kier molecular flexibility index (Phi) is 29.7. The lowest BCUT2D eigenvalue weighted by atomic mass is 10.00. The van der Waals surface area contributed by atoms with Gasteiger partial charge < -0.3 is 14.2 Å². The van der Waals surface area contributed by atoms with Crippen molar-refractivity contribution in [3.8, 4) is 0 Å². The maximum absolute atomic E-state index is 12.5. The van der Waals surface area contributed by atoms with Crippen LogP contribution in [0.5, 0.6) is 0 Å². The topological polar surface area (TPSA) is 78.9 Å². The Balaban J connectivity index is 4.33. The average molecular weight is 597 g/mol. The zero-order valence-corrected chi connectivity index (χ0v) is 28.2. The van der Waals surface area contributed by atoms with Crippen molar-refractivity contribution in [2.24, 2.45) is 5.92 Å². The molecule has 6 heteroatoms. The molecule has 248 valence electrons. The van der Waals surface area contributed by atoms with E-state index in [0.29, 0.717) is 19.3 Å². The molecule has 42 heavy (non-hydrogen) atoms. The van der Waals surface area contributed by atoms with Gasteiger partial charge in [-0.25, -0.2) is 0 Å². The summed E-state index contributed by atoms with van der Waals surface area (Å²) in [5.74, 6) is -0.0780. The summed E-state index contributed by atoms with van der Waals surface area (Å²) in [7, 11) is 0. The van der Waals surface area contributed by atoms with Gasteiger partial charge in [-0.3, -0.25) is 14.4 Å². The number of unbranched alkanes of at least 4 members (excludes halogenated alkanes) is 17. The number of hydrogen-bond donors (Lipinski definition) is 0. The molecule has 0 radical (unpaired) electrons. The van der Waals surface area contributed by atoms with Crippen molar-refractivity contribution in [1.82, 2.24) is 0 Å². The van der Waals surface area contributed by atoms with Crippen molar-refractivity contribution in [2.45, 2.75) is 194 Å². The van der Waals surface area contributed by atoms with Gasteiger partial charge in [0.2, 0.25) is 0 Å². The molecule has 0 rings (SSSR count). The molecule has 0 saturated heterocycles. The van der Waals surface area contributed by atoms with Crippen LogP contribution in [0.3, 0.4) is 0 Å². The van der Waals surface area contributed by atoms with Gasteiger partial charge in [-0.2, -0.15) is 0 Å². The van der Waals surface area contributed by atoms with Gasteiger partial charge in [-0.05, 0) is 25.2 Å². The lowest BCUT2D eigenvalue weighted by molar-refractivity contribution is -0.167. The van der Waals surface area contributed by atoms with E-state index in [0.717, 1.165) is 70.1 Å². The Morgan fingerprint density at radius 3 is 1.24 bits per heavy atom. The van der Waals surface area contributed by atoms with Gasteiger partial charge in [-0.1, -0.05) is 150 Å². The van der Waals surface area contributed by atoms with Crippen molar-refractivity contribution in [2.75, 3.05) is 13.2 Å². The normalized spacial score (nSPS) is 12.6. The van der Waals surface area contributed by atoms with E-state index in [1.165, 1.54) is 77.0 Å². The minimum atomic E-state index is -0.755. The first-order chi connectivity index (χ1) is 20.4. The molecule has 0 aromatic heterocycles. The minimum Gasteiger partial charge on any atom is -0.462 e. The molecule has 6 nitrogen and oxygen atoms in total. The predicted octanol–water partition coefficient (Wildman–Crippen LogP) is 10.4. The lowest BCUT2D eigenvalue weighted by Gasteiger charge is -2.18. The summed E-state index contributed by atoms with van der Waals surface area (Å²) in [6.45, 7) is 8.81. The van der Waals surface area contributed by atoms with Crippen molar-refractivity contribution in [3.05, 3.63) is 0 Å². The Labute approximate surface area is 259 Å². The van der Waals surface area contributed by atoms with Gasteiger partial charge in [0.25, 0.3) is 0 Å². The van der Waals surface area contributed by atoms with Crippen LogP contribution in [0.15, 0.2) is 0 Å². The van der Waals surface area contributed by atoms with Crippen molar-refractivity contribution < 1.29 is 28.6 Å². The second kappa shape index (κ2) is 30.9. The van der Waals surface area contributed by atoms with E-state index in [1.807, 2.05) is 0 Å². The molecule has 1 unspecified atom stereocenters. The van der Waals surface area contributed by atoms with Gasteiger partial charge in [-0.15, -0.1) is 0 Å². The zero-order chi connectivity index (χ0) is 31.1. The maximum Gasteiger partial charge on any atom is 0.306 e. The smallest absolute Gasteiger partial charge is 0.306 e. The Hall–Kier alpha value is -1.59. The molecule has 0 amide bonds. The van der Waals surface area contributed by atoms with Crippen LogP contribution in [0.4, 0.5) is 0 Å². The lowest BCUT2D eigenvalue weighted by Crippen LogP contribution is -2.30. The molecule has 0 aromatic carbocycles. The van der Waals surface area contributed by atoms with E-state index < -0.39 is 6.10 Å². The molecular formula is C36H68O6. The molecule has 0 bridgehead atoms. The highest BCUT2D eigenvalue weighted by Crippen LogP contribution is 2.15. The highest BCUT2D eigenvalue weighted by atomic mass is 16.6. The van der Waals surface area contributed by atoms with Gasteiger partial charge >= 0.3 is 17.9 Å². The third kappa shape index (κ3) is 28.5. The van der Waals surface area contributed by atoms with Crippen molar-refractivity contribution in [3.63, 3.8) is 0 Å². The monoisotopic (exact) mass is 597 g/mol. The Morgan fingerprint density at radius 2 is 0.833 bits per heavy atom. The third-order valence-electron chi connectivity index (χ3n) is 8.15. The summed E-state index contributed by atoms with van der Waals surface area (Å²) < 4.78 is 16.4.